The highest BCUT2D eigenvalue weighted by atomic mass is 31.2. The highest BCUT2D eigenvalue weighted by Crippen LogP contribution is 2.51. The highest BCUT2D eigenvalue weighted by molar-refractivity contribution is 7.56. The molecule has 0 aliphatic heterocycles. The van der Waals surface area contributed by atoms with Crippen LogP contribution in [0.25, 0.3) is 0 Å². The van der Waals surface area contributed by atoms with Gasteiger partial charge in [-0.25, -0.2) is 9.36 Å². The molecule has 6 atom stereocenters. The van der Waals surface area contributed by atoms with E-state index in [9.17, 15) is 28.5 Å². The van der Waals surface area contributed by atoms with Gasteiger partial charge in [0.15, 0.2) is 0 Å². The van der Waals surface area contributed by atoms with E-state index in [1.165, 1.54) is 23.9 Å². The smallest absolute Gasteiger partial charge is 0.377 e. The van der Waals surface area contributed by atoms with Gasteiger partial charge in [-0.1, -0.05) is 6.08 Å². The van der Waals surface area contributed by atoms with E-state index in [1.54, 1.807) is 0 Å². The van der Waals surface area contributed by atoms with E-state index in [0.29, 0.717) is 0 Å². The van der Waals surface area contributed by atoms with Crippen molar-refractivity contribution in [2.24, 2.45) is 5.92 Å². The maximum atomic E-state index is 12.2. The standard InChI is InChI=1S/C14H22N2O10P2/c1-23-13-10(16-6-4-11(17)15-14(16)18)8-9(5-7-27(19,20)24-2)12(13)26-28(21,22)25-3/h4-7,9-10,12-13H,8H2,1-3H3,(H,19,20)(H,21,22)(H,15,17,18)/b7-5+/t9-,10-,12+,13-/m0/s1. The summed E-state index contributed by atoms with van der Waals surface area (Å²) in [6, 6.07) is 0.443. The monoisotopic (exact) mass is 440 g/mol. The molecule has 12 nitrogen and oxygen atoms in total. The summed E-state index contributed by atoms with van der Waals surface area (Å²) in [5.41, 5.74) is -1.29. The van der Waals surface area contributed by atoms with Crippen LogP contribution in [0.1, 0.15) is 12.5 Å². The molecular weight excluding hydrogens is 418 g/mol. The Morgan fingerprint density at radius 3 is 2.39 bits per heavy atom. The normalized spacial score (nSPS) is 29.6. The molecule has 0 bridgehead atoms. The fourth-order valence-corrected chi connectivity index (χ4v) is 4.29. The maximum absolute atomic E-state index is 12.2. The zero-order valence-electron chi connectivity index (χ0n) is 15.3. The fourth-order valence-electron chi connectivity index (χ4n) is 3.06. The van der Waals surface area contributed by atoms with Crippen LogP contribution < -0.4 is 11.2 Å². The van der Waals surface area contributed by atoms with E-state index >= 15 is 0 Å². The Labute approximate surface area is 159 Å². The van der Waals surface area contributed by atoms with Crippen LogP contribution in [0.3, 0.4) is 0 Å². The van der Waals surface area contributed by atoms with Crippen LogP contribution in [0, 0.1) is 5.92 Å². The van der Waals surface area contributed by atoms with Gasteiger partial charge in [-0.15, -0.1) is 0 Å². The predicted octanol–water partition coefficient (Wildman–Crippen LogP) is 0.590. The van der Waals surface area contributed by atoms with Crippen molar-refractivity contribution in [2.75, 3.05) is 21.3 Å². The largest absolute Gasteiger partial charge is 0.472 e. The molecule has 1 aliphatic carbocycles. The third kappa shape index (κ3) is 5.37. The quantitative estimate of drug-likeness (QED) is 0.487. The summed E-state index contributed by atoms with van der Waals surface area (Å²) in [5, 5.41) is 0. The van der Waals surface area contributed by atoms with Crippen LogP contribution in [0.5, 0.6) is 0 Å². The third-order valence-corrected chi connectivity index (χ3v) is 6.43. The van der Waals surface area contributed by atoms with Crippen molar-refractivity contribution >= 4 is 15.4 Å². The highest BCUT2D eigenvalue weighted by Gasteiger charge is 2.48. The summed E-state index contributed by atoms with van der Waals surface area (Å²) in [5.74, 6) is 0.216. The zero-order chi connectivity index (χ0) is 21.1. The van der Waals surface area contributed by atoms with Crippen LogP contribution in [0.15, 0.2) is 33.7 Å². The van der Waals surface area contributed by atoms with Gasteiger partial charge < -0.3 is 19.0 Å². The molecule has 2 rings (SSSR count). The number of hydrogen-bond donors (Lipinski definition) is 3. The van der Waals surface area contributed by atoms with Gasteiger partial charge in [0.25, 0.3) is 5.56 Å². The van der Waals surface area contributed by atoms with E-state index in [0.717, 1.165) is 26.1 Å². The second-order valence-electron chi connectivity index (χ2n) is 5.99. The molecule has 1 fully saturated rings. The van der Waals surface area contributed by atoms with Crippen molar-refractivity contribution in [1.82, 2.24) is 9.55 Å². The average molecular weight is 440 g/mol. The molecular formula is C14H22N2O10P2. The first-order valence-corrected chi connectivity index (χ1v) is 11.2. The third-order valence-electron chi connectivity index (χ3n) is 4.39. The van der Waals surface area contributed by atoms with Crippen molar-refractivity contribution in [3.63, 3.8) is 0 Å². The Hall–Kier alpha value is -1.36. The average Bonchev–Trinajstić information content (AvgIpc) is 2.96. The van der Waals surface area contributed by atoms with Crippen LogP contribution >= 0.6 is 15.4 Å². The van der Waals surface area contributed by atoms with Crippen molar-refractivity contribution in [2.45, 2.75) is 24.7 Å². The summed E-state index contributed by atoms with van der Waals surface area (Å²) in [7, 11) is -5.08. The molecule has 0 amide bonds. The number of nitrogens with zero attached hydrogens (tertiary/aromatic N) is 1. The number of aromatic nitrogens is 2. The van der Waals surface area contributed by atoms with Gasteiger partial charge in [0.2, 0.25) is 0 Å². The molecule has 1 aromatic rings. The van der Waals surface area contributed by atoms with Crippen molar-refractivity contribution in [3.8, 4) is 0 Å². The number of phosphoric acid groups is 1. The SMILES string of the molecule is CO[C@@H]1[C@H](OP(=O)(O)OC)[C@@H](/C=C/P(=O)(O)OC)C[C@@H]1n1ccc(=O)[nH]c1=O. The van der Waals surface area contributed by atoms with Gasteiger partial charge in [0.1, 0.15) is 12.2 Å². The van der Waals surface area contributed by atoms with E-state index in [-0.39, 0.29) is 6.42 Å². The molecule has 1 heterocycles. The van der Waals surface area contributed by atoms with E-state index < -0.39 is 50.8 Å². The summed E-state index contributed by atoms with van der Waals surface area (Å²) in [4.78, 5) is 44.9. The first kappa shape index (κ1) is 22.9. The molecule has 28 heavy (non-hydrogen) atoms. The van der Waals surface area contributed by atoms with E-state index in [2.05, 4.69) is 14.0 Å². The first-order chi connectivity index (χ1) is 13.0. The first-order valence-electron chi connectivity index (χ1n) is 8.02. The number of phosphoric ester groups is 1. The number of rotatable bonds is 8. The molecule has 1 aromatic heterocycles. The lowest BCUT2D eigenvalue weighted by atomic mass is 10.1. The second-order valence-corrected chi connectivity index (χ2v) is 9.30. The molecule has 0 aromatic carbocycles. The molecule has 14 heteroatoms. The van der Waals surface area contributed by atoms with Gasteiger partial charge in [0.05, 0.1) is 6.04 Å². The zero-order valence-corrected chi connectivity index (χ0v) is 17.1. The molecule has 1 saturated carbocycles. The number of nitrogens with one attached hydrogen (secondary N) is 1. The van der Waals surface area contributed by atoms with Gasteiger partial charge >= 0.3 is 21.1 Å². The molecule has 0 saturated heterocycles. The van der Waals surface area contributed by atoms with Gasteiger partial charge in [-0.2, -0.15) is 0 Å². The minimum absolute atomic E-state index is 0.138. The minimum atomic E-state index is -4.44. The Bertz CT molecular complexity index is 925. The number of hydrogen-bond acceptors (Lipinski definition) is 8. The number of methoxy groups -OCH3 is 1. The number of H-pyrrole nitrogens is 1. The Kier molecular flexibility index (Phi) is 7.35. The van der Waals surface area contributed by atoms with Crippen molar-refractivity contribution in [3.05, 3.63) is 45.0 Å². The molecule has 1 aliphatic rings. The summed E-state index contributed by atoms with van der Waals surface area (Å²) < 4.78 is 44.4. The lowest BCUT2D eigenvalue weighted by molar-refractivity contribution is -0.0198. The maximum Gasteiger partial charge on any atom is 0.472 e. The molecule has 2 unspecified atom stereocenters. The molecule has 0 spiro atoms. The van der Waals surface area contributed by atoms with Crippen LogP contribution in [0.2, 0.25) is 0 Å². The minimum Gasteiger partial charge on any atom is -0.377 e. The predicted molar refractivity (Wildman–Crippen MR) is 96.9 cm³/mol. The lowest BCUT2D eigenvalue weighted by Crippen LogP contribution is -2.38. The van der Waals surface area contributed by atoms with E-state index in [4.69, 9.17) is 9.26 Å². The molecule has 0 radical (unpaired) electrons. The van der Waals surface area contributed by atoms with E-state index in [1.807, 2.05) is 0 Å². The summed E-state index contributed by atoms with van der Waals surface area (Å²) >= 11 is 0. The van der Waals surface area contributed by atoms with Gasteiger partial charge in [0, 0.05) is 45.3 Å². The summed E-state index contributed by atoms with van der Waals surface area (Å²) in [6.45, 7) is 0. The van der Waals surface area contributed by atoms with Gasteiger partial charge in [-0.3, -0.25) is 28.0 Å². The Balaban J connectivity index is 2.46. The molecule has 3 N–H and O–H groups in total. The van der Waals surface area contributed by atoms with Crippen LogP contribution in [-0.2, 0) is 27.4 Å². The summed E-state index contributed by atoms with van der Waals surface area (Å²) in [6.07, 6.45) is 0.696. The van der Waals surface area contributed by atoms with Crippen LogP contribution in [-0.4, -0.2) is 52.9 Å². The van der Waals surface area contributed by atoms with Crippen LogP contribution in [0.4, 0.5) is 0 Å². The Morgan fingerprint density at radius 1 is 1.18 bits per heavy atom. The van der Waals surface area contributed by atoms with Crippen molar-refractivity contribution < 1.29 is 37.2 Å². The topological polar surface area (TPSA) is 166 Å². The second kappa shape index (κ2) is 8.98. The number of aromatic amines is 1. The number of ether oxygens (including phenoxy) is 1. The van der Waals surface area contributed by atoms with Gasteiger partial charge in [-0.05, 0) is 6.42 Å². The fraction of sp³-hybridized carbons (Fsp3) is 0.571. The Morgan fingerprint density at radius 2 is 1.86 bits per heavy atom. The van der Waals surface area contributed by atoms with Crippen molar-refractivity contribution in [1.29, 1.82) is 0 Å². The molecule has 158 valence electrons. The lowest BCUT2D eigenvalue weighted by Gasteiger charge is -2.26.